The lowest BCUT2D eigenvalue weighted by atomic mass is 10.1. The third-order valence-electron chi connectivity index (χ3n) is 2.60. The molecule has 0 bridgehead atoms. The van der Waals surface area contributed by atoms with Crippen molar-refractivity contribution in [1.82, 2.24) is 5.32 Å². The van der Waals surface area contributed by atoms with Gasteiger partial charge in [-0.05, 0) is 6.92 Å². The number of nitrogens with one attached hydrogen (secondary N) is 1. The average Bonchev–Trinajstić information content (AvgIpc) is 2.38. The van der Waals surface area contributed by atoms with Gasteiger partial charge in [0.2, 0.25) is 0 Å². The summed E-state index contributed by atoms with van der Waals surface area (Å²) in [5, 5.41) is 11.4. The van der Waals surface area contributed by atoms with Crippen LogP contribution in [0.2, 0.25) is 0 Å². The molecule has 2 N–H and O–H groups in total. The van der Waals surface area contributed by atoms with E-state index in [2.05, 4.69) is 17.9 Å². The second-order valence-electron chi connectivity index (χ2n) is 4.01. The highest BCUT2D eigenvalue weighted by Gasteiger charge is 2.16. The number of hydrogen-bond donors (Lipinski definition) is 3. The molecule has 0 saturated heterocycles. The predicted molar refractivity (Wildman–Crippen MR) is 74.1 cm³/mol. The number of carbonyl (C=O) groups is 3. The summed E-state index contributed by atoms with van der Waals surface area (Å²) < 4.78 is 0. The first-order valence-corrected chi connectivity index (χ1v) is 6.30. The van der Waals surface area contributed by atoms with Gasteiger partial charge in [0.1, 0.15) is 6.04 Å². The molecule has 0 aliphatic carbocycles. The third kappa shape index (κ3) is 4.50. The van der Waals surface area contributed by atoms with Crippen LogP contribution in [0.25, 0.3) is 0 Å². The summed E-state index contributed by atoms with van der Waals surface area (Å²) >= 11 is 3.89. The molecule has 5 nitrogen and oxygen atoms in total. The van der Waals surface area contributed by atoms with Gasteiger partial charge in [0.15, 0.2) is 11.6 Å². The first-order chi connectivity index (χ1) is 8.95. The van der Waals surface area contributed by atoms with Crippen LogP contribution in [0, 0.1) is 0 Å². The zero-order valence-electron chi connectivity index (χ0n) is 10.4. The molecule has 0 aliphatic heterocycles. The highest BCUT2D eigenvalue weighted by atomic mass is 32.1. The maximum atomic E-state index is 11.8. The van der Waals surface area contributed by atoms with Gasteiger partial charge >= 0.3 is 5.97 Å². The molecule has 0 spiro atoms. The molecule has 0 aromatic heterocycles. The molecule has 0 saturated carbocycles. The standard InChI is InChI=1S/C13H15NO4S/c1-8(15)9-2-4-10(5-3-9)12(16)6-14-11(7-19)13(17)18/h2-5,11,14,19H,6-7H2,1H3,(H,17,18). The van der Waals surface area contributed by atoms with Crippen molar-refractivity contribution in [3.8, 4) is 0 Å². The minimum Gasteiger partial charge on any atom is -0.480 e. The van der Waals surface area contributed by atoms with E-state index < -0.39 is 12.0 Å². The fraction of sp³-hybridized carbons (Fsp3) is 0.308. The highest BCUT2D eigenvalue weighted by Crippen LogP contribution is 2.06. The van der Waals surface area contributed by atoms with Gasteiger partial charge in [0.25, 0.3) is 0 Å². The summed E-state index contributed by atoms with van der Waals surface area (Å²) in [7, 11) is 0. The number of thiol groups is 1. The first kappa shape index (κ1) is 15.4. The maximum absolute atomic E-state index is 11.8. The highest BCUT2D eigenvalue weighted by molar-refractivity contribution is 7.80. The van der Waals surface area contributed by atoms with E-state index in [9.17, 15) is 14.4 Å². The molecule has 1 aromatic carbocycles. The van der Waals surface area contributed by atoms with Crippen molar-refractivity contribution in [3.63, 3.8) is 0 Å². The molecular weight excluding hydrogens is 266 g/mol. The zero-order chi connectivity index (χ0) is 14.4. The molecular formula is C13H15NO4S. The van der Waals surface area contributed by atoms with Gasteiger partial charge in [-0.2, -0.15) is 12.6 Å². The van der Waals surface area contributed by atoms with Crippen LogP contribution < -0.4 is 5.32 Å². The average molecular weight is 281 g/mol. The summed E-state index contributed by atoms with van der Waals surface area (Å²) in [4.78, 5) is 33.6. The number of benzene rings is 1. The number of carbonyl (C=O) groups excluding carboxylic acids is 2. The first-order valence-electron chi connectivity index (χ1n) is 5.67. The molecule has 19 heavy (non-hydrogen) atoms. The zero-order valence-corrected chi connectivity index (χ0v) is 11.3. The summed E-state index contributed by atoms with van der Waals surface area (Å²) in [6.07, 6.45) is 0. The van der Waals surface area contributed by atoms with Gasteiger partial charge in [-0.3, -0.25) is 19.7 Å². The van der Waals surface area contributed by atoms with Gasteiger partial charge in [-0.15, -0.1) is 0 Å². The van der Waals surface area contributed by atoms with Crippen LogP contribution in [0.5, 0.6) is 0 Å². The molecule has 0 heterocycles. The lowest BCUT2D eigenvalue weighted by molar-refractivity contribution is -0.138. The SMILES string of the molecule is CC(=O)c1ccc(C(=O)CNC(CS)C(=O)O)cc1. The molecule has 0 radical (unpaired) electrons. The number of Topliss-reactive ketones (excluding diaryl/α,β-unsaturated/α-hetero) is 2. The monoisotopic (exact) mass is 281 g/mol. The van der Waals surface area contributed by atoms with Crippen LogP contribution >= 0.6 is 12.6 Å². The van der Waals surface area contributed by atoms with E-state index in [0.717, 1.165) is 0 Å². The van der Waals surface area contributed by atoms with Gasteiger partial charge in [0, 0.05) is 16.9 Å². The normalized spacial score (nSPS) is 11.9. The molecule has 0 aliphatic rings. The van der Waals surface area contributed by atoms with Gasteiger partial charge in [-0.25, -0.2) is 0 Å². The Kier molecular flexibility index (Phi) is 5.72. The van der Waals surface area contributed by atoms with Crippen molar-refractivity contribution in [2.45, 2.75) is 13.0 Å². The second kappa shape index (κ2) is 7.06. The molecule has 1 aromatic rings. The minimum atomic E-state index is -1.05. The molecule has 1 rings (SSSR count). The quantitative estimate of drug-likeness (QED) is 0.514. The second-order valence-corrected chi connectivity index (χ2v) is 4.38. The van der Waals surface area contributed by atoms with Gasteiger partial charge in [0.05, 0.1) is 6.54 Å². The number of ketones is 2. The number of aliphatic carboxylic acids is 1. The van der Waals surface area contributed by atoms with Crippen LogP contribution in [0.4, 0.5) is 0 Å². The Morgan fingerprint density at radius 2 is 1.74 bits per heavy atom. The van der Waals surface area contributed by atoms with Crippen LogP contribution in [0.1, 0.15) is 27.6 Å². The van der Waals surface area contributed by atoms with E-state index in [1.165, 1.54) is 6.92 Å². The lowest BCUT2D eigenvalue weighted by Gasteiger charge is -2.10. The Hall–Kier alpha value is -1.66. The van der Waals surface area contributed by atoms with E-state index in [1.807, 2.05) is 0 Å². The summed E-state index contributed by atoms with van der Waals surface area (Å²) in [5.41, 5.74) is 0.962. The summed E-state index contributed by atoms with van der Waals surface area (Å²) in [6, 6.07) is 5.39. The number of rotatable bonds is 7. The number of carboxylic acid groups (broad SMARTS) is 1. The number of carboxylic acids is 1. The van der Waals surface area contributed by atoms with E-state index in [1.54, 1.807) is 24.3 Å². The topological polar surface area (TPSA) is 83.5 Å². The maximum Gasteiger partial charge on any atom is 0.321 e. The molecule has 102 valence electrons. The fourth-order valence-electron chi connectivity index (χ4n) is 1.44. The number of hydrogen-bond acceptors (Lipinski definition) is 5. The van der Waals surface area contributed by atoms with Crippen molar-refractivity contribution < 1.29 is 19.5 Å². The van der Waals surface area contributed by atoms with E-state index in [-0.39, 0.29) is 23.9 Å². The molecule has 1 atom stereocenters. The summed E-state index contributed by atoms with van der Waals surface area (Å²) in [6.45, 7) is 1.36. The molecule has 6 heteroatoms. The smallest absolute Gasteiger partial charge is 0.321 e. The van der Waals surface area contributed by atoms with Crippen LogP contribution in [-0.2, 0) is 4.79 Å². The van der Waals surface area contributed by atoms with Crippen molar-refractivity contribution >= 4 is 30.2 Å². The van der Waals surface area contributed by atoms with Crippen LogP contribution in [0.15, 0.2) is 24.3 Å². The fourth-order valence-corrected chi connectivity index (χ4v) is 1.72. The van der Waals surface area contributed by atoms with E-state index in [0.29, 0.717) is 11.1 Å². The van der Waals surface area contributed by atoms with Crippen molar-refractivity contribution in [2.24, 2.45) is 0 Å². The lowest BCUT2D eigenvalue weighted by Crippen LogP contribution is -2.41. The van der Waals surface area contributed by atoms with E-state index in [4.69, 9.17) is 5.11 Å². The van der Waals surface area contributed by atoms with Gasteiger partial charge < -0.3 is 5.11 Å². The van der Waals surface area contributed by atoms with Gasteiger partial charge in [-0.1, -0.05) is 24.3 Å². The Balaban J connectivity index is 2.63. The molecule has 0 fully saturated rings. The Morgan fingerprint density at radius 3 is 2.16 bits per heavy atom. The Bertz CT molecular complexity index is 484. The third-order valence-corrected chi connectivity index (χ3v) is 2.97. The Labute approximate surface area is 116 Å². The Morgan fingerprint density at radius 1 is 1.21 bits per heavy atom. The molecule has 0 amide bonds. The van der Waals surface area contributed by atoms with Crippen molar-refractivity contribution in [3.05, 3.63) is 35.4 Å². The van der Waals surface area contributed by atoms with E-state index >= 15 is 0 Å². The van der Waals surface area contributed by atoms with Crippen molar-refractivity contribution in [2.75, 3.05) is 12.3 Å². The van der Waals surface area contributed by atoms with Crippen LogP contribution in [-0.4, -0.2) is 41.0 Å². The summed E-state index contributed by atoms with van der Waals surface area (Å²) in [5.74, 6) is -1.25. The predicted octanol–water partition coefficient (Wildman–Crippen LogP) is 1.04. The largest absolute Gasteiger partial charge is 0.480 e. The van der Waals surface area contributed by atoms with Crippen molar-refractivity contribution in [1.29, 1.82) is 0 Å². The minimum absolute atomic E-state index is 0.0712. The van der Waals surface area contributed by atoms with Crippen LogP contribution in [0.3, 0.4) is 0 Å². The molecule has 1 unspecified atom stereocenters.